The smallest absolute Gasteiger partial charge is 0.255 e. The molecule has 0 spiro atoms. The number of aliphatic hydroxyl groups is 1. The quantitative estimate of drug-likeness (QED) is 0.0320. The van der Waals surface area contributed by atoms with Gasteiger partial charge in [-0.3, -0.25) is 9.59 Å². The van der Waals surface area contributed by atoms with E-state index in [0.29, 0.717) is 30.2 Å². The summed E-state index contributed by atoms with van der Waals surface area (Å²) in [5, 5.41) is 25.9. The van der Waals surface area contributed by atoms with E-state index in [-0.39, 0.29) is 73.1 Å². The van der Waals surface area contributed by atoms with Gasteiger partial charge in [0, 0.05) is 29.2 Å². The molecule has 12 nitrogen and oxygen atoms in total. The largest absolute Gasteiger partial charge is 0.490 e. The van der Waals surface area contributed by atoms with E-state index in [9.17, 15) is 14.7 Å². The zero-order valence-electron chi connectivity index (χ0n) is 27.5. The van der Waals surface area contributed by atoms with Crippen LogP contribution in [0, 0.1) is 22.4 Å². The SMILES string of the molecule is CSS[C@@H](CSC#N)OC1C([B]C#CCNC(=O)COCCOC(COc2cccc(C(=O)NCCN)c2)SSC(C)(C)C)OC1CO. The summed E-state index contributed by atoms with van der Waals surface area (Å²) in [6.07, 6.45) is 1.10. The number of aliphatic hydroxyl groups excluding tert-OH is 1. The Morgan fingerprint density at radius 1 is 1.21 bits per heavy atom. The number of nitriles is 1. The van der Waals surface area contributed by atoms with Crippen LogP contribution in [0.1, 0.15) is 31.1 Å². The van der Waals surface area contributed by atoms with Crippen LogP contribution in [-0.2, 0) is 23.7 Å². The molecule has 5 atom stereocenters. The minimum Gasteiger partial charge on any atom is -0.490 e. The molecule has 2 amide bonds. The number of thioether (sulfide) groups is 1. The molecule has 0 aromatic heterocycles. The van der Waals surface area contributed by atoms with Crippen molar-refractivity contribution >= 4 is 74.0 Å². The molecule has 0 aliphatic carbocycles. The third-order valence-corrected chi connectivity index (χ3v) is 12.0. The minimum atomic E-state index is -0.456. The molecule has 0 bridgehead atoms. The second-order valence-corrected chi connectivity index (χ2v) is 17.4. The fraction of sp³-hybridized carbons (Fsp3) is 0.633. The molecule has 1 saturated heterocycles. The lowest BCUT2D eigenvalue weighted by Gasteiger charge is -2.44. The van der Waals surface area contributed by atoms with Crippen LogP contribution in [0.15, 0.2) is 24.3 Å². The second kappa shape index (κ2) is 24.7. The number of benzene rings is 1. The van der Waals surface area contributed by atoms with Gasteiger partial charge in [0.05, 0.1) is 32.4 Å². The lowest BCUT2D eigenvalue weighted by Crippen LogP contribution is -2.60. The third kappa shape index (κ3) is 18.0. The van der Waals surface area contributed by atoms with Crippen LogP contribution in [0.3, 0.4) is 0 Å². The summed E-state index contributed by atoms with van der Waals surface area (Å²) in [5.74, 6) is 6.23. The number of thiocyanates is 1. The number of carbonyl (C=O) groups is 2. The van der Waals surface area contributed by atoms with Crippen molar-refractivity contribution in [1.82, 2.24) is 10.6 Å². The molecule has 18 heteroatoms. The van der Waals surface area contributed by atoms with E-state index in [1.807, 2.05) is 11.7 Å². The van der Waals surface area contributed by atoms with E-state index in [2.05, 4.69) is 43.1 Å². The number of hydrogen-bond acceptors (Lipinski definition) is 15. The van der Waals surface area contributed by atoms with Gasteiger partial charge in [-0.1, -0.05) is 75.9 Å². The summed E-state index contributed by atoms with van der Waals surface area (Å²) >= 11 is 1.11. The highest BCUT2D eigenvalue weighted by molar-refractivity contribution is 8.77. The molecule has 2 rings (SSSR count). The summed E-state index contributed by atoms with van der Waals surface area (Å²) < 4.78 is 29.1. The van der Waals surface area contributed by atoms with E-state index in [1.165, 1.54) is 21.6 Å². The summed E-state index contributed by atoms with van der Waals surface area (Å²) in [4.78, 5) is 24.4. The lowest BCUT2D eigenvalue weighted by molar-refractivity contribution is -0.222. The number of nitrogens with two attached hydrogens (primary N) is 1. The van der Waals surface area contributed by atoms with Gasteiger partial charge >= 0.3 is 0 Å². The summed E-state index contributed by atoms with van der Waals surface area (Å²) in [6, 6.07) is 6.50. The lowest BCUT2D eigenvalue weighted by atomic mass is 9.66. The maximum atomic E-state index is 12.3. The van der Waals surface area contributed by atoms with E-state index >= 15 is 0 Å². The summed E-state index contributed by atoms with van der Waals surface area (Å²) in [6.45, 7) is 7.57. The minimum absolute atomic E-state index is 0.00135. The van der Waals surface area contributed by atoms with Gasteiger partial charge < -0.3 is 45.2 Å². The molecule has 1 fully saturated rings. The van der Waals surface area contributed by atoms with Gasteiger partial charge in [0.25, 0.3) is 13.2 Å². The average molecular weight is 760 g/mol. The Balaban J connectivity index is 1.71. The van der Waals surface area contributed by atoms with E-state index in [4.69, 9.17) is 34.7 Å². The molecule has 265 valence electrons. The van der Waals surface area contributed by atoms with Crippen molar-refractivity contribution in [1.29, 1.82) is 5.26 Å². The molecule has 1 radical (unpaired) electrons. The van der Waals surface area contributed by atoms with Gasteiger partial charge in [-0.05, 0) is 36.2 Å². The first-order valence-corrected chi connectivity index (χ1v) is 20.9. The van der Waals surface area contributed by atoms with Crippen molar-refractivity contribution < 1.29 is 38.4 Å². The van der Waals surface area contributed by atoms with E-state index in [0.717, 1.165) is 11.8 Å². The number of hydrogen-bond donors (Lipinski definition) is 4. The van der Waals surface area contributed by atoms with Crippen LogP contribution < -0.4 is 21.1 Å². The van der Waals surface area contributed by atoms with Gasteiger partial charge in [-0.15, -0.1) is 0 Å². The Hall–Kier alpha value is -1.42. The third-order valence-electron chi connectivity index (χ3n) is 5.80. The maximum absolute atomic E-state index is 12.3. The Morgan fingerprint density at radius 2 is 2.02 bits per heavy atom. The van der Waals surface area contributed by atoms with Crippen molar-refractivity contribution in [3.05, 3.63) is 29.8 Å². The van der Waals surface area contributed by atoms with Gasteiger partial charge in [-0.2, -0.15) is 11.1 Å². The predicted octanol–water partition coefficient (Wildman–Crippen LogP) is 2.73. The van der Waals surface area contributed by atoms with Crippen LogP contribution in [0.5, 0.6) is 5.75 Å². The Bertz CT molecular complexity index is 1220. The number of nitrogens with one attached hydrogen (secondary N) is 2. The van der Waals surface area contributed by atoms with Crippen LogP contribution in [0.4, 0.5) is 0 Å². The topological polar surface area (TPSA) is 174 Å². The zero-order chi connectivity index (χ0) is 35.2. The number of rotatable bonds is 23. The summed E-state index contributed by atoms with van der Waals surface area (Å²) in [5.41, 5.74) is 5.40. The van der Waals surface area contributed by atoms with Gasteiger partial charge in [0.1, 0.15) is 47.4 Å². The average Bonchev–Trinajstić information content (AvgIpc) is 3.06. The highest BCUT2D eigenvalue weighted by atomic mass is 33.1. The molecule has 1 aliphatic rings. The molecular formula is C30H44BN4O8S5. The molecular weight excluding hydrogens is 715 g/mol. The van der Waals surface area contributed by atoms with Crippen molar-refractivity contribution in [2.45, 2.75) is 54.6 Å². The first kappa shape index (κ1) is 42.8. The first-order valence-electron chi connectivity index (χ1n) is 15.1. The highest BCUT2D eigenvalue weighted by Crippen LogP contribution is 2.38. The van der Waals surface area contributed by atoms with E-state index in [1.54, 1.807) is 53.1 Å². The maximum Gasteiger partial charge on any atom is 0.255 e. The van der Waals surface area contributed by atoms with Gasteiger partial charge in [-0.25, -0.2) is 0 Å². The summed E-state index contributed by atoms with van der Waals surface area (Å²) in [7, 11) is 7.90. The molecule has 0 saturated carbocycles. The van der Waals surface area contributed by atoms with Crippen LogP contribution in [0.2, 0.25) is 0 Å². The predicted molar refractivity (Wildman–Crippen MR) is 199 cm³/mol. The standard InChI is InChI=1S/C30H44BN4O8S5/c1-30(2,3)48-47-25(18-41-22-8-5-7-21(15-22)29(38)35-12-10-32)40-14-13-39-17-24(37)34-11-6-9-31-28-27(23(16-36)42-28)43-26(46-44-4)19-45-20-33/h5,7-8,15,23,25-28,36H,10-14,16-19,32H2,1-4H3,(H,34,37)(H,35,38)/t23?,25?,26-,27?,28?/m0/s1. The Labute approximate surface area is 304 Å². The second-order valence-electron chi connectivity index (χ2n) is 10.8. The van der Waals surface area contributed by atoms with E-state index < -0.39 is 12.1 Å². The van der Waals surface area contributed by atoms with Crippen molar-refractivity contribution in [3.8, 4) is 22.9 Å². The first-order chi connectivity index (χ1) is 23.1. The number of nitrogens with zero attached hydrogens (tertiary/aromatic N) is 1. The van der Waals surface area contributed by atoms with Gasteiger partial charge in [0.2, 0.25) is 5.91 Å². The number of carbonyl (C=O) groups excluding carboxylic acids is 2. The van der Waals surface area contributed by atoms with Crippen molar-refractivity contribution in [3.63, 3.8) is 0 Å². The number of ether oxygens (including phenoxy) is 5. The van der Waals surface area contributed by atoms with Crippen LogP contribution >= 0.6 is 54.9 Å². The zero-order valence-corrected chi connectivity index (χ0v) is 31.6. The molecule has 1 heterocycles. The van der Waals surface area contributed by atoms with Gasteiger partial charge in [0.15, 0.2) is 0 Å². The van der Waals surface area contributed by atoms with Crippen molar-refractivity contribution in [2.75, 3.05) is 64.7 Å². The molecule has 1 aromatic rings. The molecule has 48 heavy (non-hydrogen) atoms. The molecule has 5 N–H and O–H groups in total. The van der Waals surface area contributed by atoms with Crippen molar-refractivity contribution in [2.24, 2.45) is 5.73 Å². The van der Waals surface area contributed by atoms with Crippen LogP contribution in [-0.4, -0.2) is 123 Å². The molecule has 1 aromatic carbocycles. The Kier molecular flexibility index (Phi) is 22.0. The molecule has 4 unspecified atom stereocenters. The Morgan fingerprint density at radius 3 is 2.73 bits per heavy atom. The fourth-order valence-electron chi connectivity index (χ4n) is 3.67. The van der Waals surface area contributed by atoms with Crippen LogP contribution in [0.25, 0.3) is 0 Å². The fourth-order valence-corrected chi connectivity index (χ4v) is 8.25. The monoisotopic (exact) mass is 759 g/mol. The molecule has 1 aliphatic heterocycles. The normalized spacial score (nSPS) is 18.3. The highest BCUT2D eigenvalue weighted by Gasteiger charge is 2.44. The number of amides is 2.